The van der Waals surface area contributed by atoms with Gasteiger partial charge in [-0.1, -0.05) is 13.8 Å². The number of rotatable bonds is 11. The number of carbonyl (C=O) groups excluding carboxylic acids is 2. The third-order valence-corrected chi connectivity index (χ3v) is 5.78. The van der Waals surface area contributed by atoms with Crippen molar-refractivity contribution in [3.05, 3.63) is 35.7 Å². The molecular formula is C26H34N4O6. The zero-order chi connectivity index (χ0) is 26.4. The number of pyridine rings is 1. The Bertz CT molecular complexity index is 1250. The van der Waals surface area contributed by atoms with Gasteiger partial charge in [0, 0.05) is 37.0 Å². The van der Waals surface area contributed by atoms with E-state index in [1.165, 1.54) is 14.0 Å². The number of esters is 1. The molecule has 1 amide bonds. The number of aryl methyl sites for hydroxylation is 1. The maximum atomic E-state index is 12.8. The average molecular weight is 499 g/mol. The Hall–Kier alpha value is -3.95. The summed E-state index contributed by atoms with van der Waals surface area (Å²) in [7, 11) is 6.05. The van der Waals surface area contributed by atoms with E-state index >= 15 is 0 Å². The molecule has 0 spiro atoms. The van der Waals surface area contributed by atoms with Gasteiger partial charge in [0.1, 0.15) is 11.4 Å². The van der Waals surface area contributed by atoms with Gasteiger partial charge in [-0.3, -0.25) is 4.79 Å². The molecule has 0 saturated carbocycles. The molecule has 0 unspecified atom stereocenters. The van der Waals surface area contributed by atoms with Gasteiger partial charge in [0.05, 0.1) is 46.0 Å². The summed E-state index contributed by atoms with van der Waals surface area (Å²) >= 11 is 0. The predicted octanol–water partition coefficient (Wildman–Crippen LogP) is 4.47. The van der Waals surface area contributed by atoms with Crippen LogP contribution in [0.3, 0.4) is 0 Å². The highest BCUT2D eigenvalue weighted by Crippen LogP contribution is 2.36. The van der Waals surface area contributed by atoms with E-state index in [9.17, 15) is 9.59 Å². The molecule has 0 saturated heterocycles. The Morgan fingerprint density at radius 1 is 1.00 bits per heavy atom. The third kappa shape index (κ3) is 5.64. The van der Waals surface area contributed by atoms with Crippen LogP contribution in [-0.2, 0) is 22.6 Å². The largest absolute Gasteiger partial charge is 0.496 e. The first-order chi connectivity index (χ1) is 17.2. The van der Waals surface area contributed by atoms with Crippen molar-refractivity contribution in [2.45, 2.75) is 40.3 Å². The zero-order valence-corrected chi connectivity index (χ0v) is 21.9. The highest BCUT2D eigenvalue weighted by molar-refractivity contribution is 6.10. The van der Waals surface area contributed by atoms with Crippen molar-refractivity contribution < 1.29 is 28.5 Å². The minimum Gasteiger partial charge on any atom is -0.496 e. The average Bonchev–Trinajstić information content (AvgIpc) is 3.16. The van der Waals surface area contributed by atoms with Crippen LogP contribution in [-0.4, -0.2) is 49.9 Å². The molecule has 0 bridgehead atoms. The molecule has 0 fully saturated rings. The van der Waals surface area contributed by atoms with Crippen LogP contribution in [0.1, 0.15) is 43.2 Å². The fraction of sp³-hybridized carbons (Fsp3) is 0.423. The lowest BCUT2D eigenvalue weighted by Crippen LogP contribution is -2.16. The SMILES string of the molecule is COC(=O)c1c(NC(C)=O)c2cc(NCc3cc(OC)c(OC)cc3OC)cnc2n1CCC(C)C. The standard InChI is InChI=1S/C26H34N4O6/c1-15(2)8-9-30-24(26(32)36-7)23(29-16(3)31)19-11-18(14-28-25(19)30)27-13-17-10-21(34-5)22(35-6)12-20(17)33-4/h10-12,14-15,27H,8-9,13H2,1-7H3,(H,29,31). The van der Waals surface area contributed by atoms with Crippen LogP contribution in [0.4, 0.5) is 11.4 Å². The Kier molecular flexibility index (Phi) is 8.63. The summed E-state index contributed by atoms with van der Waals surface area (Å²) in [5.41, 5.74) is 2.79. The number of aromatic nitrogens is 2. The van der Waals surface area contributed by atoms with E-state index in [-0.39, 0.29) is 11.6 Å². The molecule has 2 N–H and O–H groups in total. The summed E-state index contributed by atoms with van der Waals surface area (Å²) in [5.74, 6) is 1.37. The molecule has 0 atom stereocenters. The topological polar surface area (TPSA) is 113 Å². The monoisotopic (exact) mass is 498 g/mol. The fourth-order valence-electron chi connectivity index (χ4n) is 3.97. The molecule has 0 aliphatic carbocycles. The maximum Gasteiger partial charge on any atom is 0.356 e. The van der Waals surface area contributed by atoms with Crippen molar-refractivity contribution in [3.8, 4) is 17.2 Å². The van der Waals surface area contributed by atoms with E-state index < -0.39 is 5.97 Å². The van der Waals surface area contributed by atoms with Gasteiger partial charge < -0.3 is 34.1 Å². The summed E-state index contributed by atoms with van der Waals surface area (Å²) < 4.78 is 23.2. The molecule has 2 aromatic heterocycles. The lowest BCUT2D eigenvalue weighted by molar-refractivity contribution is -0.114. The molecule has 0 radical (unpaired) electrons. The van der Waals surface area contributed by atoms with Gasteiger partial charge in [0.25, 0.3) is 0 Å². The van der Waals surface area contributed by atoms with E-state index in [0.717, 1.165) is 12.0 Å². The first kappa shape index (κ1) is 26.7. The highest BCUT2D eigenvalue weighted by atomic mass is 16.5. The minimum absolute atomic E-state index is 0.273. The van der Waals surface area contributed by atoms with E-state index in [1.807, 2.05) is 16.7 Å². The number of ether oxygens (including phenoxy) is 4. The van der Waals surface area contributed by atoms with Gasteiger partial charge in [0.15, 0.2) is 17.2 Å². The van der Waals surface area contributed by atoms with Gasteiger partial charge >= 0.3 is 5.97 Å². The number of nitrogens with zero attached hydrogens (tertiary/aromatic N) is 2. The number of nitrogens with one attached hydrogen (secondary N) is 2. The number of amides is 1. The number of carbonyl (C=O) groups is 2. The molecule has 10 heteroatoms. The molecule has 10 nitrogen and oxygen atoms in total. The second-order valence-corrected chi connectivity index (χ2v) is 8.70. The van der Waals surface area contributed by atoms with Crippen LogP contribution in [0.25, 0.3) is 11.0 Å². The van der Waals surface area contributed by atoms with Gasteiger partial charge in [-0.25, -0.2) is 9.78 Å². The van der Waals surface area contributed by atoms with Gasteiger partial charge in [-0.2, -0.15) is 0 Å². The number of methoxy groups -OCH3 is 4. The molecule has 36 heavy (non-hydrogen) atoms. The van der Waals surface area contributed by atoms with Crippen LogP contribution in [0, 0.1) is 5.92 Å². The van der Waals surface area contributed by atoms with E-state index in [4.69, 9.17) is 18.9 Å². The molecule has 0 aliphatic rings. The number of hydrogen-bond acceptors (Lipinski definition) is 8. The highest BCUT2D eigenvalue weighted by Gasteiger charge is 2.25. The van der Waals surface area contributed by atoms with Crippen molar-refractivity contribution in [2.24, 2.45) is 5.92 Å². The zero-order valence-electron chi connectivity index (χ0n) is 21.9. The van der Waals surface area contributed by atoms with Crippen LogP contribution in [0.5, 0.6) is 17.2 Å². The minimum atomic E-state index is -0.537. The summed E-state index contributed by atoms with van der Waals surface area (Å²) in [5, 5.41) is 6.79. The summed E-state index contributed by atoms with van der Waals surface area (Å²) in [6, 6.07) is 5.47. The van der Waals surface area contributed by atoms with Crippen molar-refractivity contribution in [1.29, 1.82) is 0 Å². The first-order valence-corrected chi connectivity index (χ1v) is 11.6. The molecular weight excluding hydrogens is 464 g/mol. The lowest BCUT2D eigenvalue weighted by atomic mass is 10.1. The lowest BCUT2D eigenvalue weighted by Gasteiger charge is -2.15. The smallest absolute Gasteiger partial charge is 0.356 e. The molecule has 2 heterocycles. The van der Waals surface area contributed by atoms with Crippen LogP contribution < -0.4 is 24.8 Å². The van der Waals surface area contributed by atoms with E-state index in [2.05, 4.69) is 29.5 Å². The van der Waals surface area contributed by atoms with Crippen LogP contribution >= 0.6 is 0 Å². The third-order valence-electron chi connectivity index (χ3n) is 5.78. The normalized spacial score (nSPS) is 10.9. The van der Waals surface area contributed by atoms with Crippen molar-refractivity contribution >= 4 is 34.3 Å². The van der Waals surface area contributed by atoms with Crippen molar-refractivity contribution in [2.75, 3.05) is 39.1 Å². The van der Waals surface area contributed by atoms with Gasteiger partial charge in [0.2, 0.25) is 5.91 Å². The van der Waals surface area contributed by atoms with Crippen molar-refractivity contribution in [1.82, 2.24) is 9.55 Å². The Balaban J connectivity index is 2.05. The van der Waals surface area contributed by atoms with Gasteiger partial charge in [-0.15, -0.1) is 0 Å². The second-order valence-electron chi connectivity index (χ2n) is 8.70. The molecule has 1 aromatic carbocycles. The van der Waals surface area contributed by atoms with Gasteiger partial charge in [-0.05, 0) is 24.5 Å². The van der Waals surface area contributed by atoms with Crippen LogP contribution in [0.15, 0.2) is 24.4 Å². The summed E-state index contributed by atoms with van der Waals surface area (Å²) in [6.45, 7) is 6.58. The summed E-state index contributed by atoms with van der Waals surface area (Å²) in [4.78, 5) is 29.4. The predicted molar refractivity (Wildman–Crippen MR) is 138 cm³/mol. The number of fused-ring (bicyclic) bond motifs is 1. The number of benzene rings is 1. The molecule has 194 valence electrons. The van der Waals surface area contributed by atoms with E-state index in [1.54, 1.807) is 33.6 Å². The van der Waals surface area contributed by atoms with Crippen LogP contribution in [0.2, 0.25) is 0 Å². The second kappa shape index (κ2) is 11.7. The fourth-order valence-corrected chi connectivity index (χ4v) is 3.97. The Morgan fingerprint density at radius 3 is 2.25 bits per heavy atom. The number of hydrogen-bond donors (Lipinski definition) is 2. The molecule has 3 aromatic rings. The maximum absolute atomic E-state index is 12.8. The Labute approximate surface area is 210 Å². The number of anilines is 2. The summed E-state index contributed by atoms with van der Waals surface area (Å²) in [6.07, 6.45) is 2.52. The molecule has 3 rings (SSSR count). The molecule has 0 aliphatic heterocycles. The van der Waals surface area contributed by atoms with E-state index in [0.29, 0.717) is 58.7 Å². The quantitative estimate of drug-likeness (QED) is 0.373. The first-order valence-electron chi connectivity index (χ1n) is 11.6. The van der Waals surface area contributed by atoms with Crippen molar-refractivity contribution in [3.63, 3.8) is 0 Å². The Morgan fingerprint density at radius 2 is 1.67 bits per heavy atom.